The van der Waals surface area contributed by atoms with E-state index in [1.165, 1.54) is 0 Å². The van der Waals surface area contributed by atoms with Crippen molar-refractivity contribution in [1.82, 2.24) is 5.32 Å². The maximum atomic E-state index is 5.71. The summed E-state index contributed by atoms with van der Waals surface area (Å²) in [4.78, 5) is 4.49. The summed E-state index contributed by atoms with van der Waals surface area (Å²) in [6, 6.07) is 5.80. The summed E-state index contributed by atoms with van der Waals surface area (Å²) < 4.78 is 21.7. The maximum absolute atomic E-state index is 5.71. The number of halogens is 1. The molecular formula is C17H28IN3O4. The maximum Gasteiger partial charge on any atom is 0.195 e. The fourth-order valence-corrected chi connectivity index (χ4v) is 2.15. The van der Waals surface area contributed by atoms with Gasteiger partial charge in [-0.3, -0.25) is 4.99 Å². The molecule has 0 atom stereocenters. The van der Waals surface area contributed by atoms with E-state index in [4.69, 9.17) is 18.9 Å². The Balaban J connectivity index is 0.00000312. The van der Waals surface area contributed by atoms with E-state index in [0.29, 0.717) is 45.5 Å². The predicted octanol–water partition coefficient (Wildman–Crippen LogP) is 2.51. The Kier molecular flexibility index (Phi) is 11.3. The molecule has 1 aromatic carbocycles. The lowest BCUT2D eigenvalue weighted by molar-refractivity contribution is 0.0748. The first-order chi connectivity index (χ1) is 11.8. The molecule has 1 aromatic rings. The van der Waals surface area contributed by atoms with Gasteiger partial charge in [-0.25, -0.2) is 0 Å². The number of benzene rings is 1. The highest BCUT2D eigenvalue weighted by molar-refractivity contribution is 14.0. The zero-order valence-corrected chi connectivity index (χ0v) is 17.2. The van der Waals surface area contributed by atoms with Gasteiger partial charge in [-0.1, -0.05) is 0 Å². The van der Waals surface area contributed by atoms with E-state index in [-0.39, 0.29) is 24.0 Å². The highest BCUT2D eigenvalue weighted by atomic mass is 127. The molecule has 25 heavy (non-hydrogen) atoms. The van der Waals surface area contributed by atoms with Crippen LogP contribution in [0.15, 0.2) is 23.2 Å². The molecule has 0 fully saturated rings. The quantitative estimate of drug-likeness (QED) is 0.266. The molecule has 1 aliphatic heterocycles. The first kappa shape index (κ1) is 21.8. The monoisotopic (exact) mass is 465 g/mol. The highest BCUT2D eigenvalue weighted by Crippen LogP contribution is 2.32. The van der Waals surface area contributed by atoms with Crippen molar-refractivity contribution in [3.63, 3.8) is 0 Å². The molecule has 2 rings (SSSR count). The molecule has 0 aromatic heterocycles. The van der Waals surface area contributed by atoms with Crippen LogP contribution in [-0.2, 0) is 9.47 Å². The van der Waals surface area contributed by atoms with Crippen molar-refractivity contribution in [2.45, 2.75) is 13.3 Å². The van der Waals surface area contributed by atoms with Gasteiger partial charge in [0, 0.05) is 31.8 Å². The molecule has 142 valence electrons. The van der Waals surface area contributed by atoms with Crippen molar-refractivity contribution in [2.75, 3.05) is 58.6 Å². The zero-order valence-electron chi connectivity index (χ0n) is 14.9. The average molecular weight is 465 g/mol. The van der Waals surface area contributed by atoms with E-state index in [2.05, 4.69) is 15.6 Å². The Morgan fingerprint density at radius 2 is 1.96 bits per heavy atom. The van der Waals surface area contributed by atoms with Crippen LogP contribution < -0.4 is 20.1 Å². The fourth-order valence-electron chi connectivity index (χ4n) is 2.15. The highest BCUT2D eigenvalue weighted by Gasteiger charge is 2.11. The van der Waals surface area contributed by atoms with Gasteiger partial charge in [0.15, 0.2) is 17.5 Å². The first-order valence-corrected chi connectivity index (χ1v) is 8.35. The molecule has 0 unspecified atom stereocenters. The second kappa shape index (κ2) is 13.0. The van der Waals surface area contributed by atoms with Gasteiger partial charge in [-0.15, -0.1) is 24.0 Å². The normalized spacial score (nSPS) is 13.6. The van der Waals surface area contributed by atoms with Crippen LogP contribution in [0.4, 0.5) is 5.69 Å². The minimum absolute atomic E-state index is 0. The largest absolute Gasteiger partial charge is 0.490 e. The first-order valence-electron chi connectivity index (χ1n) is 8.35. The number of methoxy groups -OCH3 is 1. The van der Waals surface area contributed by atoms with Gasteiger partial charge in [-0.05, 0) is 19.1 Å². The Morgan fingerprint density at radius 1 is 1.16 bits per heavy atom. The van der Waals surface area contributed by atoms with Crippen molar-refractivity contribution >= 4 is 35.6 Å². The molecule has 2 N–H and O–H groups in total. The van der Waals surface area contributed by atoms with E-state index in [1.807, 2.05) is 25.1 Å². The number of guanidine groups is 1. The molecule has 7 nitrogen and oxygen atoms in total. The standard InChI is InChI=1S/C17H27N3O4.HI/c1-3-18-17(19-7-10-22-12-11-21-2)20-14-5-6-15-16(13-14)24-9-4-8-23-15;/h5-6,13H,3-4,7-12H2,1-2H3,(H2,18,19,20);1H. The SMILES string of the molecule is CCNC(=NCCOCCOC)Nc1ccc2c(c1)OCCCO2.I. The topological polar surface area (TPSA) is 73.3 Å². The van der Waals surface area contributed by atoms with Gasteiger partial charge in [0.1, 0.15) is 0 Å². The summed E-state index contributed by atoms with van der Waals surface area (Å²) in [5, 5.41) is 6.49. The second-order valence-corrected chi connectivity index (χ2v) is 5.20. The van der Waals surface area contributed by atoms with Crippen LogP contribution in [0, 0.1) is 0 Å². The van der Waals surface area contributed by atoms with Crippen LogP contribution >= 0.6 is 24.0 Å². The van der Waals surface area contributed by atoms with Gasteiger partial charge in [0.05, 0.1) is 39.6 Å². The molecule has 0 spiro atoms. The lowest BCUT2D eigenvalue weighted by Gasteiger charge is -2.13. The van der Waals surface area contributed by atoms with Crippen LogP contribution in [-0.4, -0.2) is 59.2 Å². The number of hydrogen-bond acceptors (Lipinski definition) is 5. The van der Waals surface area contributed by atoms with E-state index in [1.54, 1.807) is 7.11 Å². The van der Waals surface area contributed by atoms with Crippen LogP contribution in [0.25, 0.3) is 0 Å². The summed E-state index contributed by atoms with van der Waals surface area (Å²) >= 11 is 0. The number of hydrogen-bond donors (Lipinski definition) is 2. The third-order valence-electron chi connectivity index (χ3n) is 3.29. The van der Waals surface area contributed by atoms with Crippen molar-refractivity contribution < 1.29 is 18.9 Å². The summed E-state index contributed by atoms with van der Waals surface area (Å²) in [5.41, 5.74) is 0.902. The molecule has 0 amide bonds. The molecule has 0 bridgehead atoms. The van der Waals surface area contributed by atoms with Crippen LogP contribution in [0.3, 0.4) is 0 Å². The minimum Gasteiger partial charge on any atom is -0.490 e. The summed E-state index contributed by atoms with van der Waals surface area (Å²) in [7, 11) is 1.66. The zero-order chi connectivity index (χ0) is 17.0. The van der Waals surface area contributed by atoms with Crippen molar-refractivity contribution in [3.8, 4) is 11.5 Å². The van der Waals surface area contributed by atoms with Gasteiger partial charge in [0.25, 0.3) is 0 Å². The minimum atomic E-state index is 0. The number of nitrogens with one attached hydrogen (secondary N) is 2. The lowest BCUT2D eigenvalue weighted by Crippen LogP contribution is -2.31. The molecule has 0 saturated heterocycles. The van der Waals surface area contributed by atoms with E-state index >= 15 is 0 Å². The number of anilines is 1. The number of fused-ring (bicyclic) bond motifs is 1. The Hall–Kier alpha value is -1.26. The molecule has 8 heteroatoms. The lowest BCUT2D eigenvalue weighted by atomic mass is 10.3. The van der Waals surface area contributed by atoms with Crippen molar-refractivity contribution in [3.05, 3.63) is 18.2 Å². The molecule has 0 aliphatic carbocycles. The Bertz CT molecular complexity index is 529. The van der Waals surface area contributed by atoms with Gasteiger partial charge >= 0.3 is 0 Å². The summed E-state index contributed by atoms with van der Waals surface area (Å²) in [6.45, 7) is 6.47. The van der Waals surface area contributed by atoms with E-state index < -0.39 is 0 Å². The molecule has 0 radical (unpaired) electrons. The average Bonchev–Trinajstić information content (AvgIpc) is 2.83. The number of nitrogens with zero attached hydrogens (tertiary/aromatic N) is 1. The van der Waals surface area contributed by atoms with Gasteiger partial charge in [0.2, 0.25) is 0 Å². The molecule has 1 aliphatic rings. The van der Waals surface area contributed by atoms with E-state index in [0.717, 1.165) is 30.2 Å². The summed E-state index contributed by atoms with van der Waals surface area (Å²) in [6.07, 6.45) is 0.893. The number of aliphatic imine (C=N–C) groups is 1. The summed E-state index contributed by atoms with van der Waals surface area (Å²) in [5.74, 6) is 2.25. The second-order valence-electron chi connectivity index (χ2n) is 5.20. The fraction of sp³-hybridized carbons (Fsp3) is 0.588. The number of rotatable bonds is 8. The van der Waals surface area contributed by atoms with Crippen LogP contribution in [0.2, 0.25) is 0 Å². The predicted molar refractivity (Wildman–Crippen MR) is 110 cm³/mol. The van der Waals surface area contributed by atoms with E-state index in [9.17, 15) is 0 Å². The van der Waals surface area contributed by atoms with Crippen molar-refractivity contribution in [1.29, 1.82) is 0 Å². The Labute approximate surface area is 166 Å². The Morgan fingerprint density at radius 3 is 2.72 bits per heavy atom. The smallest absolute Gasteiger partial charge is 0.195 e. The molecule has 0 saturated carbocycles. The molecule has 1 heterocycles. The third kappa shape index (κ3) is 8.10. The van der Waals surface area contributed by atoms with Crippen LogP contribution in [0.5, 0.6) is 11.5 Å². The van der Waals surface area contributed by atoms with Gasteiger partial charge < -0.3 is 29.6 Å². The van der Waals surface area contributed by atoms with Crippen molar-refractivity contribution in [2.24, 2.45) is 4.99 Å². The van der Waals surface area contributed by atoms with Gasteiger partial charge in [-0.2, -0.15) is 0 Å². The number of ether oxygens (including phenoxy) is 4. The third-order valence-corrected chi connectivity index (χ3v) is 3.29. The molecular weight excluding hydrogens is 437 g/mol. The van der Waals surface area contributed by atoms with Crippen LogP contribution in [0.1, 0.15) is 13.3 Å².